The molecule has 0 saturated heterocycles. The quantitative estimate of drug-likeness (QED) is 0.706. The fourth-order valence-corrected chi connectivity index (χ4v) is 4.96. The summed E-state index contributed by atoms with van der Waals surface area (Å²) in [5.41, 5.74) is 1.76. The second-order valence-corrected chi connectivity index (χ2v) is 8.85. The van der Waals surface area contributed by atoms with Crippen molar-refractivity contribution in [2.75, 3.05) is 6.54 Å². The number of hydrogen-bond acceptors (Lipinski definition) is 4. The third kappa shape index (κ3) is 3.39. The van der Waals surface area contributed by atoms with Crippen LogP contribution in [0.25, 0.3) is 10.9 Å². The summed E-state index contributed by atoms with van der Waals surface area (Å²) in [6.07, 6.45) is 1.86. The van der Waals surface area contributed by atoms with E-state index in [2.05, 4.69) is 4.72 Å². The number of nitrogens with zero attached hydrogens (tertiary/aromatic N) is 1. The van der Waals surface area contributed by atoms with E-state index in [0.717, 1.165) is 22.2 Å². The van der Waals surface area contributed by atoms with Gasteiger partial charge in [-0.3, -0.25) is 0 Å². The lowest BCUT2D eigenvalue weighted by molar-refractivity contribution is 0.182. The standard InChI is InChI=1S/C17H20N2O3S2/c1-3-14-5-7-17(23-14)24(21,22)18-11-16(20)13-4-6-15-12(10-13)8-9-19(15)2/h4-10,16,18,20H,3,11H2,1-2H3/t16-/m1/s1. The van der Waals surface area contributed by atoms with Gasteiger partial charge in [0.15, 0.2) is 0 Å². The zero-order valence-electron chi connectivity index (χ0n) is 13.6. The van der Waals surface area contributed by atoms with E-state index in [1.807, 2.05) is 55.1 Å². The molecule has 2 aromatic heterocycles. The molecule has 0 unspecified atom stereocenters. The molecule has 0 amide bonds. The number of fused-ring (bicyclic) bond motifs is 1. The summed E-state index contributed by atoms with van der Waals surface area (Å²) in [6, 6.07) is 11.0. The molecule has 0 radical (unpaired) electrons. The predicted octanol–water partition coefficient (Wildman–Crippen LogP) is 2.81. The van der Waals surface area contributed by atoms with Crippen LogP contribution in [0.15, 0.2) is 46.8 Å². The van der Waals surface area contributed by atoms with Crippen LogP contribution in [0.4, 0.5) is 0 Å². The number of rotatable bonds is 6. The predicted molar refractivity (Wildman–Crippen MR) is 96.8 cm³/mol. The maximum atomic E-state index is 12.3. The summed E-state index contributed by atoms with van der Waals surface area (Å²) in [6.45, 7) is 1.93. The largest absolute Gasteiger partial charge is 0.387 e. The van der Waals surface area contributed by atoms with E-state index in [-0.39, 0.29) is 10.8 Å². The van der Waals surface area contributed by atoms with E-state index < -0.39 is 16.1 Å². The maximum Gasteiger partial charge on any atom is 0.250 e. The van der Waals surface area contributed by atoms with Crippen LogP contribution in [0.5, 0.6) is 0 Å². The van der Waals surface area contributed by atoms with Crippen LogP contribution >= 0.6 is 11.3 Å². The van der Waals surface area contributed by atoms with Gasteiger partial charge in [0.2, 0.25) is 10.0 Å². The molecule has 2 N–H and O–H groups in total. The summed E-state index contributed by atoms with van der Waals surface area (Å²) in [7, 11) is -1.63. The van der Waals surface area contributed by atoms with Gasteiger partial charge in [-0.1, -0.05) is 13.0 Å². The van der Waals surface area contributed by atoms with Gasteiger partial charge in [0.05, 0.1) is 6.10 Å². The van der Waals surface area contributed by atoms with Crippen molar-refractivity contribution in [3.05, 3.63) is 53.0 Å². The van der Waals surface area contributed by atoms with Crippen molar-refractivity contribution in [2.24, 2.45) is 7.05 Å². The third-order valence-electron chi connectivity index (χ3n) is 4.01. The third-order valence-corrected chi connectivity index (χ3v) is 7.16. The van der Waals surface area contributed by atoms with Gasteiger partial charge in [-0.05, 0) is 47.7 Å². The summed E-state index contributed by atoms with van der Waals surface area (Å²) in [4.78, 5) is 1.02. The van der Waals surface area contributed by atoms with Crippen LogP contribution in [0.3, 0.4) is 0 Å². The van der Waals surface area contributed by atoms with Crippen molar-refractivity contribution in [3.63, 3.8) is 0 Å². The normalized spacial score (nSPS) is 13.5. The Morgan fingerprint density at radius 2 is 2.04 bits per heavy atom. The number of thiophene rings is 1. The van der Waals surface area contributed by atoms with Crippen LogP contribution < -0.4 is 4.72 Å². The Hall–Kier alpha value is -1.67. The van der Waals surface area contributed by atoms with E-state index >= 15 is 0 Å². The maximum absolute atomic E-state index is 12.3. The average molecular weight is 364 g/mol. The molecule has 2 heterocycles. The number of aromatic nitrogens is 1. The number of sulfonamides is 1. The number of aliphatic hydroxyl groups is 1. The number of benzene rings is 1. The molecule has 24 heavy (non-hydrogen) atoms. The van der Waals surface area contributed by atoms with Crippen molar-refractivity contribution in [1.29, 1.82) is 0 Å². The smallest absolute Gasteiger partial charge is 0.250 e. The molecular formula is C17H20N2O3S2. The number of hydrogen-bond donors (Lipinski definition) is 2. The first kappa shape index (κ1) is 17.2. The first-order valence-corrected chi connectivity index (χ1v) is 10.0. The van der Waals surface area contributed by atoms with Crippen molar-refractivity contribution in [1.82, 2.24) is 9.29 Å². The lowest BCUT2D eigenvalue weighted by atomic mass is 10.1. The fourth-order valence-electron chi connectivity index (χ4n) is 2.58. The van der Waals surface area contributed by atoms with Gasteiger partial charge in [0.25, 0.3) is 0 Å². The van der Waals surface area contributed by atoms with E-state index in [9.17, 15) is 13.5 Å². The van der Waals surface area contributed by atoms with Gasteiger partial charge in [0.1, 0.15) is 4.21 Å². The van der Waals surface area contributed by atoms with Crippen LogP contribution in [0.1, 0.15) is 23.5 Å². The zero-order valence-corrected chi connectivity index (χ0v) is 15.2. The Balaban J connectivity index is 1.72. The summed E-state index contributed by atoms with van der Waals surface area (Å²) in [5, 5.41) is 11.3. The molecule has 0 aliphatic carbocycles. The molecular weight excluding hydrogens is 344 g/mol. The van der Waals surface area contributed by atoms with E-state index in [0.29, 0.717) is 5.56 Å². The minimum Gasteiger partial charge on any atom is -0.387 e. The van der Waals surface area contributed by atoms with Gasteiger partial charge in [-0.25, -0.2) is 13.1 Å². The molecule has 0 aliphatic heterocycles. The van der Waals surface area contributed by atoms with Gasteiger partial charge in [-0.15, -0.1) is 11.3 Å². The van der Waals surface area contributed by atoms with Gasteiger partial charge in [0, 0.05) is 30.2 Å². The zero-order chi connectivity index (χ0) is 17.3. The monoisotopic (exact) mass is 364 g/mol. The minimum absolute atomic E-state index is 0.0555. The second-order valence-electron chi connectivity index (χ2n) is 5.69. The van der Waals surface area contributed by atoms with Crippen molar-refractivity contribution in [2.45, 2.75) is 23.7 Å². The lowest BCUT2D eigenvalue weighted by Gasteiger charge is -2.12. The van der Waals surface area contributed by atoms with Crippen LogP contribution in [-0.2, 0) is 23.5 Å². The molecule has 0 aliphatic rings. The number of aryl methyl sites for hydroxylation is 2. The molecule has 0 spiro atoms. The SMILES string of the molecule is CCc1ccc(S(=O)(=O)NC[C@@H](O)c2ccc3c(ccn3C)c2)s1. The molecule has 3 aromatic rings. The first-order valence-electron chi connectivity index (χ1n) is 7.72. The Kier molecular flexibility index (Phi) is 4.78. The molecule has 5 nitrogen and oxygen atoms in total. The van der Waals surface area contributed by atoms with Gasteiger partial charge < -0.3 is 9.67 Å². The van der Waals surface area contributed by atoms with E-state index in [1.165, 1.54) is 11.3 Å². The Bertz CT molecular complexity index is 957. The summed E-state index contributed by atoms with van der Waals surface area (Å²) in [5.74, 6) is 0. The number of nitrogens with one attached hydrogen (secondary N) is 1. The Labute approximate surface area is 145 Å². The van der Waals surface area contributed by atoms with E-state index in [1.54, 1.807) is 6.07 Å². The highest BCUT2D eigenvalue weighted by atomic mass is 32.2. The molecule has 1 aromatic carbocycles. The van der Waals surface area contributed by atoms with Crippen molar-refractivity contribution < 1.29 is 13.5 Å². The number of aliphatic hydroxyl groups excluding tert-OH is 1. The van der Waals surface area contributed by atoms with Crippen LogP contribution in [0, 0.1) is 0 Å². The van der Waals surface area contributed by atoms with Gasteiger partial charge in [-0.2, -0.15) is 0 Å². The molecule has 0 fully saturated rings. The van der Waals surface area contributed by atoms with Crippen molar-refractivity contribution in [3.8, 4) is 0 Å². The highest BCUT2D eigenvalue weighted by Gasteiger charge is 2.19. The van der Waals surface area contributed by atoms with Crippen LogP contribution in [0.2, 0.25) is 0 Å². The molecule has 0 bridgehead atoms. The summed E-state index contributed by atoms with van der Waals surface area (Å²) < 4.78 is 29.4. The average Bonchev–Trinajstić information content (AvgIpc) is 3.20. The Morgan fingerprint density at radius 3 is 2.75 bits per heavy atom. The Morgan fingerprint density at radius 1 is 1.25 bits per heavy atom. The highest BCUT2D eigenvalue weighted by Crippen LogP contribution is 2.23. The molecule has 7 heteroatoms. The second kappa shape index (κ2) is 6.68. The van der Waals surface area contributed by atoms with Gasteiger partial charge >= 0.3 is 0 Å². The van der Waals surface area contributed by atoms with Crippen molar-refractivity contribution >= 4 is 32.3 Å². The minimum atomic E-state index is -3.59. The summed E-state index contributed by atoms with van der Waals surface area (Å²) >= 11 is 1.26. The first-order chi connectivity index (χ1) is 11.4. The highest BCUT2D eigenvalue weighted by molar-refractivity contribution is 7.91. The molecule has 3 rings (SSSR count). The van der Waals surface area contributed by atoms with E-state index in [4.69, 9.17) is 0 Å². The molecule has 128 valence electrons. The molecule has 0 saturated carbocycles. The fraction of sp³-hybridized carbons (Fsp3) is 0.294. The topological polar surface area (TPSA) is 71.3 Å². The molecule has 1 atom stereocenters. The van der Waals surface area contributed by atoms with Crippen LogP contribution in [-0.4, -0.2) is 24.6 Å². The lowest BCUT2D eigenvalue weighted by Crippen LogP contribution is -2.28.